The van der Waals surface area contributed by atoms with Gasteiger partial charge in [0.25, 0.3) is 0 Å². The summed E-state index contributed by atoms with van der Waals surface area (Å²) < 4.78 is 40.7. The molecule has 0 fully saturated rings. The van der Waals surface area contributed by atoms with Crippen molar-refractivity contribution in [3.8, 4) is 17.2 Å². The average Bonchev–Trinajstić information content (AvgIpc) is 3.11. The number of aryl methyl sites for hydroxylation is 1. The summed E-state index contributed by atoms with van der Waals surface area (Å²) in [7, 11) is -2.34. The third kappa shape index (κ3) is 5.29. The molecule has 2 N–H and O–H groups in total. The number of hydrogen-bond donors (Lipinski definition) is 1. The first kappa shape index (κ1) is 25.0. The Balaban J connectivity index is 1.76. The smallest absolute Gasteiger partial charge is 0.338 e. The lowest BCUT2D eigenvalue weighted by Gasteiger charge is -2.11. The lowest BCUT2D eigenvalue weighted by atomic mass is 10.1. The molecule has 0 saturated heterocycles. The zero-order valence-corrected chi connectivity index (χ0v) is 20.1. The summed E-state index contributed by atoms with van der Waals surface area (Å²) in [5.41, 5.74) is 2.68. The number of aromatic nitrogens is 1. The van der Waals surface area contributed by atoms with Crippen molar-refractivity contribution in [2.75, 3.05) is 20.3 Å². The molecule has 0 saturated carbocycles. The molecule has 0 radical (unpaired) electrons. The largest absolute Gasteiger partial charge is 0.493 e. The number of Topliss-reactive ketones (excluding diaryl/α,β-unsaturated/α-hetero) is 1. The van der Waals surface area contributed by atoms with Crippen LogP contribution < -0.4 is 14.6 Å². The molecular formula is C24H26N2O7S. The van der Waals surface area contributed by atoms with Gasteiger partial charge >= 0.3 is 5.97 Å². The standard InChI is InChI=1S/C24H26N2O7S/c1-5-32-22-11-6-17(13-23(22)31-4)24(28)33-14-21(27)20-12-15(2)26(16(20)3)18-7-9-19(10-8-18)34(25,29)30/h6-13H,5,14H2,1-4H3,(H2,25,29,30). The molecule has 180 valence electrons. The third-order valence-corrected chi connectivity index (χ3v) is 6.12. The molecule has 0 unspecified atom stereocenters. The molecule has 10 heteroatoms. The average molecular weight is 487 g/mol. The van der Waals surface area contributed by atoms with E-state index in [1.807, 2.05) is 13.8 Å². The Kier molecular flexibility index (Phi) is 7.43. The van der Waals surface area contributed by atoms with Crippen LogP contribution in [0.4, 0.5) is 0 Å². The molecular weight excluding hydrogens is 460 g/mol. The predicted octanol–water partition coefficient (Wildman–Crippen LogP) is 3.19. The molecule has 0 aliphatic carbocycles. The van der Waals surface area contributed by atoms with Crippen LogP contribution in [-0.2, 0) is 14.8 Å². The maximum Gasteiger partial charge on any atom is 0.338 e. The minimum Gasteiger partial charge on any atom is -0.493 e. The fourth-order valence-electron chi connectivity index (χ4n) is 3.59. The molecule has 3 rings (SSSR count). The van der Waals surface area contributed by atoms with Crippen molar-refractivity contribution in [1.82, 2.24) is 4.57 Å². The van der Waals surface area contributed by atoms with Crippen molar-refractivity contribution in [2.45, 2.75) is 25.7 Å². The van der Waals surface area contributed by atoms with Gasteiger partial charge in [-0.05, 0) is 69.3 Å². The summed E-state index contributed by atoms with van der Waals surface area (Å²) in [5, 5.41) is 5.15. The number of benzene rings is 2. The van der Waals surface area contributed by atoms with Gasteiger partial charge in [0.1, 0.15) is 0 Å². The summed E-state index contributed by atoms with van der Waals surface area (Å²) >= 11 is 0. The summed E-state index contributed by atoms with van der Waals surface area (Å²) in [4.78, 5) is 25.3. The van der Waals surface area contributed by atoms with Gasteiger partial charge in [-0.15, -0.1) is 0 Å². The number of nitrogens with two attached hydrogens (primary N) is 1. The number of ether oxygens (including phenoxy) is 3. The SMILES string of the molecule is CCOc1ccc(C(=O)OCC(=O)c2cc(C)n(-c3ccc(S(N)(=O)=O)cc3)c2C)cc1OC. The van der Waals surface area contributed by atoms with Gasteiger partial charge in [-0.25, -0.2) is 18.4 Å². The topological polar surface area (TPSA) is 127 Å². The highest BCUT2D eigenvalue weighted by atomic mass is 32.2. The lowest BCUT2D eigenvalue weighted by molar-refractivity contribution is 0.0474. The van der Waals surface area contributed by atoms with Gasteiger partial charge in [-0.3, -0.25) is 4.79 Å². The second-order valence-electron chi connectivity index (χ2n) is 7.46. The molecule has 0 amide bonds. The van der Waals surface area contributed by atoms with Crippen molar-refractivity contribution in [3.63, 3.8) is 0 Å². The third-order valence-electron chi connectivity index (χ3n) is 5.19. The van der Waals surface area contributed by atoms with E-state index in [0.717, 1.165) is 5.69 Å². The second kappa shape index (κ2) is 10.1. The van der Waals surface area contributed by atoms with Gasteiger partial charge in [0.05, 0.1) is 24.2 Å². The Morgan fingerprint density at radius 2 is 1.68 bits per heavy atom. The quantitative estimate of drug-likeness (QED) is 0.363. The number of primary sulfonamides is 1. The van der Waals surface area contributed by atoms with Gasteiger partial charge in [-0.1, -0.05) is 0 Å². The molecule has 0 aliphatic rings. The summed E-state index contributed by atoms with van der Waals surface area (Å²) in [6, 6.07) is 12.3. The predicted molar refractivity (Wildman–Crippen MR) is 125 cm³/mol. The number of ketones is 1. The molecule has 1 aromatic heterocycles. The first-order valence-corrected chi connectivity index (χ1v) is 11.9. The summed E-state index contributed by atoms with van der Waals surface area (Å²) in [6.07, 6.45) is 0. The number of carbonyl (C=O) groups excluding carboxylic acids is 2. The van der Waals surface area contributed by atoms with Crippen LogP contribution in [0.1, 0.15) is 39.0 Å². The van der Waals surface area contributed by atoms with Crippen LogP contribution in [0.3, 0.4) is 0 Å². The monoisotopic (exact) mass is 486 g/mol. The van der Waals surface area contributed by atoms with Crippen LogP contribution in [-0.4, -0.2) is 45.1 Å². The van der Waals surface area contributed by atoms with E-state index in [-0.39, 0.29) is 16.2 Å². The molecule has 2 aromatic carbocycles. The van der Waals surface area contributed by atoms with E-state index in [1.165, 1.54) is 31.4 Å². The van der Waals surface area contributed by atoms with Crippen molar-refractivity contribution in [1.29, 1.82) is 0 Å². The molecule has 34 heavy (non-hydrogen) atoms. The minimum absolute atomic E-state index is 0.00663. The van der Waals surface area contributed by atoms with Gasteiger partial charge in [0, 0.05) is 22.6 Å². The molecule has 0 spiro atoms. The molecule has 0 aliphatic heterocycles. The zero-order chi connectivity index (χ0) is 25.0. The molecule has 0 atom stereocenters. The van der Waals surface area contributed by atoms with E-state index in [9.17, 15) is 18.0 Å². The highest BCUT2D eigenvalue weighted by Crippen LogP contribution is 2.28. The van der Waals surface area contributed by atoms with Gasteiger partial charge in [0.2, 0.25) is 15.8 Å². The van der Waals surface area contributed by atoms with Crippen molar-refractivity contribution in [3.05, 3.63) is 71.0 Å². The van der Waals surface area contributed by atoms with Gasteiger partial charge in [0.15, 0.2) is 18.1 Å². The second-order valence-corrected chi connectivity index (χ2v) is 9.02. The zero-order valence-electron chi connectivity index (χ0n) is 19.3. The van der Waals surface area contributed by atoms with Crippen LogP contribution >= 0.6 is 0 Å². The molecule has 0 bridgehead atoms. The normalized spacial score (nSPS) is 11.2. The molecule has 3 aromatic rings. The first-order chi connectivity index (χ1) is 16.1. The number of methoxy groups -OCH3 is 1. The number of sulfonamides is 1. The number of carbonyl (C=O) groups is 2. The van der Waals surface area contributed by atoms with Crippen molar-refractivity contribution < 1.29 is 32.2 Å². The van der Waals surface area contributed by atoms with E-state index in [1.54, 1.807) is 35.8 Å². The van der Waals surface area contributed by atoms with Crippen molar-refractivity contribution in [2.24, 2.45) is 5.14 Å². The Labute approximate surface area is 198 Å². The molecule has 1 heterocycles. The van der Waals surface area contributed by atoms with E-state index in [2.05, 4.69) is 0 Å². The minimum atomic E-state index is -3.81. The highest BCUT2D eigenvalue weighted by Gasteiger charge is 2.20. The highest BCUT2D eigenvalue weighted by molar-refractivity contribution is 7.89. The van der Waals surface area contributed by atoms with Gasteiger partial charge < -0.3 is 18.8 Å². The number of hydrogen-bond acceptors (Lipinski definition) is 7. The summed E-state index contributed by atoms with van der Waals surface area (Å²) in [6.45, 7) is 5.42. The Hall–Kier alpha value is -3.63. The Morgan fingerprint density at radius 1 is 1.00 bits per heavy atom. The lowest BCUT2D eigenvalue weighted by Crippen LogP contribution is -2.15. The van der Waals surface area contributed by atoms with Crippen molar-refractivity contribution >= 4 is 21.8 Å². The first-order valence-electron chi connectivity index (χ1n) is 10.4. The number of nitrogens with zero attached hydrogens (tertiary/aromatic N) is 1. The molecule has 9 nitrogen and oxygen atoms in total. The fraction of sp³-hybridized carbons (Fsp3) is 0.250. The fourth-order valence-corrected chi connectivity index (χ4v) is 4.10. The van der Waals surface area contributed by atoms with E-state index < -0.39 is 22.6 Å². The van der Waals surface area contributed by atoms with Crippen LogP contribution in [0, 0.1) is 13.8 Å². The maximum absolute atomic E-state index is 12.8. The van der Waals surface area contributed by atoms with Crippen LogP contribution in [0.5, 0.6) is 11.5 Å². The maximum atomic E-state index is 12.8. The Morgan fingerprint density at radius 3 is 2.26 bits per heavy atom. The van der Waals surface area contributed by atoms with Crippen LogP contribution in [0.25, 0.3) is 5.69 Å². The van der Waals surface area contributed by atoms with E-state index >= 15 is 0 Å². The van der Waals surface area contributed by atoms with Gasteiger partial charge in [-0.2, -0.15) is 0 Å². The van der Waals surface area contributed by atoms with Crippen LogP contribution in [0.2, 0.25) is 0 Å². The van der Waals surface area contributed by atoms with Crippen LogP contribution in [0.15, 0.2) is 53.4 Å². The number of rotatable bonds is 9. The van der Waals surface area contributed by atoms with E-state index in [0.29, 0.717) is 35.1 Å². The van der Waals surface area contributed by atoms with E-state index in [4.69, 9.17) is 19.3 Å². The summed E-state index contributed by atoms with van der Waals surface area (Å²) in [5.74, 6) is -0.143. The Bertz CT molecular complexity index is 1330. The number of esters is 1.